The quantitative estimate of drug-likeness (QED) is 0.562. The Balaban J connectivity index is 1.48. The third kappa shape index (κ3) is 6.98. The number of sulfonamides is 1. The maximum Gasteiger partial charge on any atom is 0.328 e. The van der Waals surface area contributed by atoms with Crippen molar-refractivity contribution in [2.75, 3.05) is 7.11 Å². The summed E-state index contributed by atoms with van der Waals surface area (Å²) in [5.74, 6) is 0.582. The second-order valence-electron chi connectivity index (χ2n) is 7.86. The number of hydrogen-bond donors (Lipinski definition) is 3. The predicted octanol–water partition coefficient (Wildman–Crippen LogP) is 2.87. The van der Waals surface area contributed by atoms with E-state index in [9.17, 15) is 18.0 Å². The van der Waals surface area contributed by atoms with Crippen LogP contribution in [0.25, 0.3) is 0 Å². The normalized spacial score (nSPS) is 14.4. The molecule has 3 N–H and O–H groups in total. The van der Waals surface area contributed by atoms with Gasteiger partial charge in [0.1, 0.15) is 5.75 Å². The summed E-state index contributed by atoms with van der Waals surface area (Å²) in [7, 11) is -2.38. The first-order valence-corrected chi connectivity index (χ1v) is 12.2. The first-order chi connectivity index (χ1) is 15.4. The molecule has 0 atom stereocenters. The summed E-state index contributed by atoms with van der Waals surface area (Å²) in [5, 5.41) is 5.54. The van der Waals surface area contributed by atoms with Crippen LogP contribution < -0.4 is 20.1 Å². The van der Waals surface area contributed by atoms with Crippen LogP contribution in [0.1, 0.15) is 43.2 Å². The molecule has 1 saturated carbocycles. The van der Waals surface area contributed by atoms with E-state index in [0.717, 1.165) is 49.0 Å². The van der Waals surface area contributed by atoms with Gasteiger partial charge >= 0.3 is 6.03 Å². The number of rotatable bonds is 8. The highest BCUT2D eigenvalue weighted by molar-refractivity contribution is 7.90. The van der Waals surface area contributed by atoms with Gasteiger partial charge in [0, 0.05) is 12.6 Å². The Morgan fingerprint density at radius 1 is 0.938 bits per heavy atom. The van der Waals surface area contributed by atoms with Gasteiger partial charge in [-0.1, -0.05) is 43.5 Å². The van der Waals surface area contributed by atoms with Gasteiger partial charge in [-0.15, -0.1) is 0 Å². The maximum absolute atomic E-state index is 12.5. The molecule has 0 saturated heterocycles. The van der Waals surface area contributed by atoms with Crippen molar-refractivity contribution in [1.29, 1.82) is 0 Å². The second kappa shape index (κ2) is 11.0. The van der Waals surface area contributed by atoms with Gasteiger partial charge in [0.05, 0.1) is 18.4 Å². The number of methoxy groups -OCH3 is 1. The molecule has 0 aliphatic heterocycles. The number of amides is 3. The lowest BCUT2D eigenvalue weighted by molar-refractivity contribution is -0.120. The number of nitrogens with one attached hydrogen (secondary N) is 3. The number of hydrogen-bond acceptors (Lipinski definition) is 5. The van der Waals surface area contributed by atoms with Crippen LogP contribution in [0.3, 0.4) is 0 Å². The molecular formula is C23H29N3O5S. The largest absolute Gasteiger partial charge is 0.497 e. The van der Waals surface area contributed by atoms with E-state index in [4.69, 9.17) is 4.74 Å². The smallest absolute Gasteiger partial charge is 0.328 e. The van der Waals surface area contributed by atoms with Crippen LogP contribution in [0.5, 0.6) is 5.75 Å². The zero-order valence-corrected chi connectivity index (χ0v) is 18.9. The van der Waals surface area contributed by atoms with Gasteiger partial charge in [-0.25, -0.2) is 17.9 Å². The third-order valence-corrected chi connectivity index (χ3v) is 6.76. The van der Waals surface area contributed by atoms with E-state index in [0.29, 0.717) is 0 Å². The van der Waals surface area contributed by atoms with Crippen molar-refractivity contribution in [1.82, 2.24) is 15.4 Å². The third-order valence-electron chi connectivity index (χ3n) is 5.41. The number of ether oxygens (including phenoxy) is 1. The van der Waals surface area contributed by atoms with Crippen LogP contribution >= 0.6 is 0 Å². The van der Waals surface area contributed by atoms with Gasteiger partial charge in [0.25, 0.3) is 10.0 Å². The van der Waals surface area contributed by atoms with Crippen molar-refractivity contribution in [3.8, 4) is 5.75 Å². The van der Waals surface area contributed by atoms with E-state index in [1.54, 1.807) is 31.4 Å². The minimum Gasteiger partial charge on any atom is -0.497 e. The molecule has 32 heavy (non-hydrogen) atoms. The molecule has 0 aromatic heterocycles. The van der Waals surface area contributed by atoms with Crippen molar-refractivity contribution >= 4 is 22.0 Å². The summed E-state index contributed by atoms with van der Waals surface area (Å²) in [6.45, 7) is 0.269. The molecule has 1 aliphatic carbocycles. The van der Waals surface area contributed by atoms with Crippen molar-refractivity contribution in [2.45, 2.75) is 56.0 Å². The SMILES string of the molecule is COc1ccc(CC(=O)NCc2ccc(S(=O)(=O)NC(=O)NC3CCCCC3)cc2)cc1. The lowest BCUT2D eigenvalue weighted by Crippen LogP contribution is -2.45. The van der Waals surface area contributed by atoms with Gasteiger partial charge in [-0.2, -0.15) is 0 Å². The molecule has 8 nitrogen and oxygen atoms in total. The molecule has 172 valence electrons. The van der Waals surface area contributed by atoms with Crippen molar-refractivity contribution in [3.63, 3.8) is 0 Å². The maximum atomic E-state index is 12.5. The van der Waals surface area contributed by atoms with Crippen LogP contribution in [0.2, 0.25) is 0 Å². The Labute approximate surface area is 188 Å². The van der Waals surface area contributed by atoms with Crippen molar-refractivity contribution in [2.24, 2.45) is 0 Å². The molecule has 1 aliphatic rings. The molecule has 0 heterocycles. The van der Waals surface area contributed by atoms with E-state index >= 15 is 0 Å². The summed E-state index contributed by atoms with van der Waals surface area (Å²) in [5.41, 5.74) is 1.61. The fourth-order valence-corrected chi connectivity index (χ4v) is 4.54. The number of carbonyl (C=O) groups excluding carboxylic acids is 2. The van der Waals surface area contributed by atoms with Gasteiger partial charge in [-0.3, -0.25) is 4.79 Å². The monoisotopic (exact) mass is 459 g/mol. The average molecular weight is 460 g/mol. The molecule has 0 spiro atoms. The highest BCUT2D eigenvalue weighted by atomic mass is 32.2. The van der Waals surface area contributed by atoms with Gasteiger partial charge in [-0.05, 0) is 48.2 Å². The Morgan fingerprint density at radius 2 is 1.56 bits per heavy atom. The van der Waals surface area contributed by atoms with Gasteiger partial charge in [0.15, 0.2) is 0 Å². The average Bonchev–Trinajstić information content (AvgIpc) is 2.79. The highest BCUT2D eigenvalue weighted by Gasteiger charge is 2.21. The standard InChI is InChI=1S/C23H29N3O5S/c1-31-20-11-7-17(8-12-20)15-22(27)24-16-18-9-13-21(14-10-18)32(29,30)26-23(28)25-19-5-3-2-4-6-19/h7-14,19H,2-6,15-16H2,1H3,(H,24,27)(H2,25,26,28). The van der Waals surface area contributed by atoms with Crippen molar-refractivity contribution in [3.05, 3.63) is 59.7 Å². The molecule has 3 rings (SSSR count). The Morgan fingerprint density at radius 3 is 2.19 bits per heavy atom. The summed E-state index contributed by atoms with van der Waals surface area (Å²) in [4.78, 5) is 24.2. The Kier molecular flexibility index (Phi) is 8.10. The lowest BCUT2D eigenvalue weighted by atomic mass is 9.96. The van der Waals surface area contributed by atoms with Crippen LogP contribution in [0, 0.1) is 0 Å². The predicted molar refractivity (Wildman–Crippen MR) is 121 cm³/mol. The van der Waals surface area contributed by atoms with E-state index in [-0.39, 0.29) is 29.8 Å². The molecule has 0 radical (unpaired) electrons. The fourth-order valence-electron chi connectivity index (χ4n) is 3.62. The minimum absolute atomic E-state index is 0.00963. The number of carbonyl (C=O) groups is 2. The van der Waals surface area contributed by atoms with Gasteiger partial charge in [0.2, 0.25) is 5.91 Å². The summed E-state index contributed by atoms with van der Waals surface area (Å²) in [6, 6.07) is 12.6. The van der Waals surface area contributed by atoms with Crippen LogP contribution in [-0.2, 0) is 27.8 Å². The summed E-state index contributed by atoms with van der Waals surface area (Å²) >= 11 is 0. The summed E-state index contributed by atoms with van der Waals surface area (Å²) in [6.07, 6.45) is 5.19. The molecule has 0 bridgehead atoms. The van der Waals surface area contributed by atoms with Crippen LogP contribution in [0.15, 0.2) is 53.4 Å². The topological polar surface area (TPSA) is 114 Å². The molecular weight excluding hydrogens is 430 g/mol. The molecule has 0 unspecified atom stereocenters. The number of benzene rings is 2. The fraction of sp³-hybridized carbons (Fsp3) is 0.391. The van der Waals surface area contributed by atoms with E-state index in [2.05, 4.69) is 15.4 Å². The second-order valence-corrected chi connectivity index (χ2v) is 9.54. The molecule has 1 fully saturated rings. The first-order valence-electron chi connectivity index (χ1n) is 10.7. The zero-order chi connectivity index (χ0) is 23.0. The molecule has 9 heteroatoms. The minimum atomic E-state index is -3.96. The lowest BCUT2D eigenvalue weighted by Gasteiger charge is -2.22. The zero-order valence-electron chi connectivity index (χ0n) is 18.1. The van der Waals surface area contributed by atoms with Crippen LogP contribution in [-0.4, -0.2) is 33.5 Å². The van der Waals surface area contributed by atoms with Gasteiger partial charge < -0.3 is 15.4 Å². The van der Waals surface area contributed by atoms with Crippen LogP contribution in [0.4, 0.5) is 4.79 Å². The Hall–Kier alpha value is -3.07. The first kappa shape index (κ1) is 23.6. The molecule has 2 aromatic rings. The van der Waals surface area contributed by atoms with Crippen molar-refractivity contribution < 1.29 is 22.7 Å². The highest BCUT2D eigenvalue weighted by Crippen LogP contribution is 2.17. The Bertz CT molecular complexity index is 1010. The molecule has 2 aromatic carbocycles. The summed E-state index contributed by atoms with van der Waals surface area (Å²) < 4.78 is 32.1. The van der Waals surface area contributed by atoms with E-state index in [1.807, 2.05) is 12.1 Å². The van der Waals surface area contributed by atoms with E-state index < -0.39 is 16.1 Å². The number of urea groups is 1. The molecule has 3 amide bonds. The van der Waals surface area contributed by atoms with E-state index in [1.165, 1.54) is 12.1 Å².